The average Bonchev–Trinajstić information content (AvgIpc) is 3.02. The monoisotopic (exact) mass is 445 g/mol. The van der Waals surface area contributed by atoms with E-state index >= 15 is 0 Å². The molecule has 0 fully saturated rings. The van der Waals surface area contributed by atoms with E-state index in [0.717, 1.165) is 26.9 Å². The molecule has 0 atom stereocenters. The molecule has 0 aliphatic rings. The molecule has 0 aliphatic carbocycles. The largest absolute Gasteiger partial charge is 0.322 e. The molecule has 0 bridgehead atoms. The number of anilines is 1. The van der Waals surface area contributed by atoms with Gasteiger partial charge in [-0.1, -0.05) is 17.7 Å². The maximum Gasteiger partial charge on any atom is 0.257 e. The van der Waals surface area contributed by atoms with Crippen molar-refractivity contribution in [3.8, 4) is 5.69 Å². The van der Waals surface area contributed by atoms with Gasteiger partial charge in [0.1, 0.15) is 0 Å². The van der Waals surface area contributed by atoms with Crippen LogP contribution in [0.3, 0.4) is 0 Å². The van der Waals surface area contributed by atoms with E-state index in [9.17, 15) is 13.2 Å². The Labute approximate surface area is 182 Å². The van der Waals surface area contributed by atoms with Gasteiger partial charge >= 0.3 is 0 Å². The van der Waals surface area contributed by atoms with Crippen molar-refractivity contribution in [2.75, 3.05) is 19.4 Å². The van der Waals surface area contributed by atoms with E-state index in [1.165, 1.54) is 26.2 Å². The molecular formula is C22H24ClN3O3S. The number of benzene rings is 2. The van der Waals surface area contributed by atoms with Crippen LogP contribution in [0.1, 0.15) is 27.3 Å². The summed E-state index contributed by atoms with van der Waals surface area (Å²) < 4.78 is 28.0. The zero-order valence-corrected chi connectivity index (χ0v) is 19.1. The molecule has 30 heavy (non-hydrogen) atoms. The first-order valence-corrected chi connectivity index (χ1v) is 11.1. The molecule has 0 aliphatic heterocycles. The predicted octanol–water partition coefficient (Wildman–Crippen LogP) is 4.56. The Morgan fingerprint density at radius 1 is 0.967 bits per heavy atom. The van der Waals surface area contributed by atoms with E-state index in [1.807, 2.05) is 36.6 Å². The van der Waals surface area contributed by atoms with Crippen molar-refractivity contribution < 1.29 is 13.2 Å². The molecule has 8 heteroatoms. The molecule has 1 amide bonds. The van der Waals surface area contributed by atoms with Gasteiger partial charge in [0.15, 0.2) is 0 Å². The van der Waals surface area contributed by atoms with E-state index in [4.69, 9.17) is 11.6 Å². The molecule has 0 unspecified atom stereocenters. The smallest absolute Gasteiger partial charge is 0.257 e. The number of halogens is 1. The van der Waals surface area contributed by atoms with Crippen molar-refractivity contribution in [1.29, 1.82) is 0 Å². The SMILES string of the molecule is Cc1ccc(S(=O)(=O)N(C)C)cc1NC(=O)c1cc(-n2c(C)ccc2C)ccc1Cl. The number of carbonyl (C=O) groups excluding carboxylic acids is 1. The second kappa shape index (κ2) is 8.26. The predicted molar refractivity (Wildman–Crippen MR) is 120 cm³/mol. The van der Waals surface area contributed by atoms with Crippen LogP contribution in [0.15, 0.2) is 53.4 Å². The van der Waals surface area contributed by atoms with Gasteiger partial charge in [0.05, 0.1) is 15.5 Å². The molecular weight excluding hydrogens is 422 g/mol. The van der Waals surface area contributed by atoms with E-state index in [1.54, 1.807) is 25.1 Å². The molecule has 2 aromatic carbocycles. The van der Waals surface area contributed by atoms with Gasteiger partial charge in [-0.3, -0.25) is 4.79 Å². The van der Waals surface area contributed by atoms with Crippen molar-refractivity contribution in [2.24, 2.45) is 0 Å². The zero-order valence-electron chi connectivity index (χ0n) is 17.5. The Bertz CT molecular complexity index is 1210. The summed E-state index contributed by atoms with van der Waals surface area (Å²) >= 11 is 6.31. The normalized spacial score (nSPS) is 11.7. The molecule has 1 heterocycles. The van der Waals surface area contributed by atoms with Crippen molar-refractivity contribution in [3.63, 3.8) is 0 Å². The minimum Gasteiger partial charge on any atom is -0.322 e. The second-order valence-electron chi connectivity index (χ2n) is 7.33. The highest BCUT2D eigenvalue weighted by atomic mass is 35.5. The third-order valence-corrected chi connectivity index (χ3v) is 7.10. The van der Waals surface area contributed by atoms with E-state index in [2.05, 4.69) is 5.32 Å². The average molecular weight is 446 g/mol. The highest BCUT2D eigenvalue weighted by Gasteiger charge is 2.20. The third kappa shape index (κ3) is 4.14. The molecule has 6 nitrogen and oxygen atoms in total. The van der Waals surface area contributed by atoms with Crippen LogP contribution in [0, 0.1) is 20.8 Å². The Hall–Kier alpha value is -2.61. The summed E-state index contributed by atoms with van der Waals surface area (Å²) in [6.45, 7) is 5.77. The Balaban J connectivity index is 1.98. The van der Waals surface area contributed by atoms with Crippen molar-refractivity contribution >= 4 is 33.2 Å². The lowest BCUT2D eigenvalue weighted by Gasteiger charge is -2.15. The number of hydrogen-bond donors (Lipinski definition) is 1. The minimum absolute atomic E-state index is 0.104. The van der Waals surface area contributed by atoms with Crippen LogP contribution < -0.4 is 5.32 Å². The molecule has 3 aromatic rings. The first kappa shape index (κ1) is 22.1. The quantitative estimate of drug-likeness (QED) is 0.625. The number of sulfonamides is 1. The summed E-state index contributed by atoms with van der Waals surface area (Å²) in [4.78, 5) is 13.1. The van der Waals surface area contributed by atoms with Gasteiger partial charge in [-0.25, -0.2) is 12.7 Å². The number of carbonyl (C=O) groups is 1. The minimum atomic E-state index is -3.62. The summed E-state index contributed by atoms with van der Waals surface area (Å²) in [5.74, 6) is -0.410. The number of aromatic nitrogens is 1. The van der Waals surface area contributed by atoms with Crippen molar-refractivity contribution in [2.45, 2.75) is 25.7 Å². The Morgan fingerprint density at radius 3 is 2.20 bits per heavy atom. The van der Waals surface area contributed by atoms with Crippen LogP contribution in [-0.2, 0) is 10.0 Å². The Kier molecular flexibility index (Phi) is 6.08. The third-order valence-electron chi connectivity index (χ3n) is 4.96. The number of aryl methyl sites for hydroxylation is 3. The molecule has 0 saturated carbocycles. The molecule has 3 rings (SSSR count). The van der Waals surface area contributed by atoms with E-state index < -0.39 is 15.9 Å². The van der Waals surface area contributed by atoms with Crippen LogP contribution in [0.4, 0.5) is 5.69 Å². The van der Waals surface area contributed by atoms with Crippen LogP contribution in [-0.4, -0.2) is 37.3 Å². The summed E-state index contributed by atoms with van der Waals surface area (Å²) in [6, 6.07) is 13.9. The number of rotatable bonds is 5. The van der Waals surface area contributed by atoms with Gasteiger partial charge in [-0.2, -0.15) is 0 Å². The van der Waals surface area contributed by atoms with E-state index in [-0.39, 0.29) is 4.90 Å². The first-order valence-electron chi connectivity index (χ1n) is 9.32. The lowest BCUT2D eigenvalue weighted by molar-refractivity contribution is 0.102. The lowest BCUT2D eigenvalue weighted by atomic mass is 10.1. The van der Waals surface area contributed by atoms with Crippen LogP contribution in [0.5, 0.6) is 0 Å². The molecule has 0 spiro atoms. The van der Waals surface area contributed by atoms with Gasteiger partial charge < -0.3 is 9.88 Å². The summed E-state index contributed by atoms with van der Waals surface area (Å²) in [6.07, 6.45) is 0. The number of amides is 1. The van der Waals surface area contributed by atoms with Crippen LogP contribution >= 0.6 is 11.6 Å². The summed E-state index contributed by atoms with van der Waals surface area (Å²) in [5, 5.41) is 3.12. The lowest BCUT2D eigenvalue weighted by Crippen LogP contribution is -2.22. The molecule has 0 radical (unpaired) electrons. The highest BCUT2D eigenvalue weighted by Crippen LogP contribution is 2.26. The maximum atomic E-state index is 13.0. The molecule has 1 aromatic heterocycles. The highest BCUT2D eigenvalue weighted by molar-refractivity contribution is 7.89. The number of nitrogens with one attached hydrogen (secondary N) is 1. The number of nitrogens with zero attached hydrogens (tertiary/aromatic N) is 2. The first-order chi connectivity index (χ1) is 14.0. The summed E-state index contributed by atoms with van der Waals surface area (Å²) in [7, 11) is -0.694. The zero-order chi connectivity index (χ0) is 22.2. The standard InChI is InChI=1S/C22H24ClN3O3S/c1-14-6-10-18(30(28,29)25(4)5)13-21(14)24-22(27)19-12-17(9-11-20(19)23)26-15(2)7-8-16(26)3/h6-13H,1-5H3,(H,24,27). The Morgan fingerprint density at radius 2 is 1.60 bits per heavy atom. The summed E-state index contributed by atoms with van der Waals surface area (Å²) in [5.41, 5.74) is 4.37. The molecule has 0 saturated heterocycles. The second-order valence-corrected chi connectivity index (χ2v) is 9.89. The van der Waals surface area contributed by atoms with Crippen molar-refractivity contribution in [1.82, 2.24) is 8.87 Å². The fourth-order valence-corrected chi connectivity index (χ4v) is 4.33. The van der Waals surface area contributed by atoms with Crippen molar-refractivity contribution in [3.05, 3.63) is 76.1 Å². The van der Waals surface area contributed by atoms with Gasteiger partial charge in [0.2, 0.25) is 10.0 Å². The van der Waals surface area contributed by atoms with Gasteiger partial charge in [-0.05, 0) is 68.8 Å². The topological polar surface area (TPSA) is 71.4 Å². The van der Waals surface area contributed by atoms with E-state index in [0.29, 0.717) is 16.3 Å². The van der Waals surface area contributed by atoms with Crippen LogP contribution in [0.25, 0.3) is 5.69 Å². The maximum absolute atomic E-state index is 13.0. The molecule has 158 valence electrons. The fourth-order valence-electron chi connectivity index (χ4n) is 3.20. The van der Waals surface area contributed by atoms with Gasteiger partial charge in [0.25, 0.3) is 5.91 Å². The molecule has 1 N–H and O–H groups in total. The van der Waals surface area contributed by atoms with Crippen LogP contribution in [0.2, 0.25) is 5.02 Å². The van der Waals surface area contributed by atoms with Gasteiger partial charge in [0, 0.05) is 36.9 Å². The van der Waals surface area contributed by atoms with Gasteiger partial charge in [-0.15, -0.1) is 0 Å². The number of hydrogen-bond acceptors (Lipinski definition) is 3. The fraction of sp³-hybridized carbons (Fsp3) is 0.227.